The van der Waals surface area contributed by atoms with Crippen LogP contribution >= 0.6 is 11.8 Å². The van der Waals surface area contributed by atoms with Crippen molar-refractivity contribution < 1.29 is 13.7 Å². The fourth-order valence-corrected chi connectivity index (χ4v) is 3.03. The van der Waals surface area contributed by atoms with Crippen molar-refractivity contribution in [3.63, 3.8) is 0 Å². The summed E-state index contributed by atoms with van der Waals surface area (Å²) >= 11 is 1.37. The van der Waals surface area contributed by atoms with Crippen LogP contribution in [0.5, 0.6) is 0 Å². The number of benzene rings is 1. The van der Waals surface area contributed by atoms with E-state index in [0.717, 1.165) is 0 Å². The fraction of sp³-hybridized carbons (Fsp3) is 0.250. The van der Waals surface area contributed by atoms with E-state index in [-0.39, 0.29) is 18.1 Å². The Labute approximate surface area is 147 Å². The molecule has 0 saturated carbocycles. The zero-order valence-corrected chi connectivity index (χ0v) is 14.5. The molecule has 0 saturated heterocycles. The van der Waals surface area contributed by atoms with Gasteiger partial charge in [-0.15, -0.1) is 10.2 Å². The average molecular weight is 361 g/mol. The fourth-order valence-electron chi connectivity index (χ4n) is 2.18. The Bertz CT molecular complexity index is 892. The maximum atomic E-state index is 13.9. The van der Waals surface area contributed by atoms with Crippen molar-refractivity contribution in [3.8, 4) is 11.4 Å². The molecular formula is C16H16FN5O2S. The number of anilines is 1. The van der Waals surface area contributed by atoms with Crippen LogP contribution in [0.4, 0.5) is 10.2 Å². The molecule has 3 rings (SSSR count). The van der Waals surface area contributed by atoms with Crippen LogP contribution in [-0.2, 0) is 11.8 Å². The molecule has 3 aromatic rings. The van der Waals surface area contributed by atoms with Crippen LogP contribution in [-0.4, -0.2) is 31.6 Å². The lowest BCUT2D eigenvalue weighted by Gasteiger charge is -2.05. The highest BCUT2D eigenvalue weighted by molar-refractivity contribution is 7.99. The van der Waals surface area contributed by atoms with Crippen LogP contribution in [0.1, 0.15) is 12.2 Å². The average Bonchev–Trinajstić information content (AvgIpc) is 3.14. The first kappa shape index (κ1) is 17.2. The summed E-state index contributed by atoms with van der Waals surface area (Å²) in [7, 11) is 1.77. The Morgan fingerprint density at radius 3 is 2.88 bits per heavy atom. The molecule has 0 radical (unpaired) electrons. The second-order valence-electron chi connectivity index (χ2n) is 5.31. The minimum atomic E-state index is -0.350. The van der Waals surface area contributed by atoms with Crippen molar-refractivity contribution in [3.05, 3.63) is 41.9 Å². The lowest BCUT2D eigenvalue weighted by Crippen LogP contribution is -2.12. The topological polar surface area (TPSA) is 85.8 Å². The normalized spacial score (nSPS) is 10.8. The van der Waals surface area contributed by atoms with Crippen molar-refractivity contribution in [1.82, 2.24) is 19.9 Å². The van der Waals surface area contributed by atoms with Gasteiger partial charge >= 0.3 is 0 Å². The zero-order chi connectivity index (χ0) is 17.8. The van der Waals surface area contributed by atoms with Gasteiger partial charge in [-0.1, -0.05) is 29.1 Å². The second-order valence-corrected chi connectivity index (χ2v) is 6.38. The SMILES string of the molecule is Cc1cc(NC(=O)CCSc2nnc(-c3ccccc3F)n2C)no1. The number of thioether (sulfide) groups is 1. The van der Waals surface area contributed by atoms with Gasteiger partial charge in [-0.25, -0.2) is 4.39 Å². The standard InChI is InChI=1S/C16H16FN5O2S/c1-10-9-13(21-24-10)18-14(23)7-8-25-16-20-19-15(22(16)2)11-5-3-4-6-12(11)17/h3-6,9H,7-8H2,1-2H3,(H,18,21,23). The van der Waals surface area contributed by atoms with Gasteiger partial charge in [-0.05, 0) is 19.1 Å². The quantitative estimate of drug-likeness (QED) is 0.679. The third-order valence-corrected chi connectivity index (χ3v) is 4.43. The van der Waals surface area contributed by atoms with Gasteiger partial charge in [-0.3, -0.25) is 4.79 Å². The summed E-state index contributed by atoms with van der Waals surface area (Å²) in [5, 5.41) is 15.1. The molecule has 0 fully saturated rings. The molecule has 0 unspecified atom stereocenters. The minimum absolute atomic E-state index is 0.169. The third kappa shape index (κ3) is 4.05. The molecule has 1 amide bonds. The molecule has 25 heavy (non-hydrogen) atoms. The Kier molecular flexibility index (Phi) is 5.13. The van der Waals surface area contributed by atoms with Crippen LogP contribution in [0.3, 0.4) is 0 Å². The van der Waals surface area contributed by atoms with Gasteiger partial charge in [0.25, 0.3) is 0 Å². The molecule has 0 aliphatic heterocycles. The molecule has 1 aromatic carbocycles. The van der Waals surface area contributed by atoms with Crippen molar-refractivity contribution in [2.75, 3.05) is 11.1 Å². The molecule has 7 nitrogen and oxygen atoms in total. The van der Waals surface area contributed by atoms with E-state index in [0.29, 0.717) is 33.9 Å². The van der Waals surface area contributed by atoms with Gasteiger partial charge < -0.3 is 14.4 Å². The molecule has 0 atom stereocenters. The van der Waals surface area contributed by atoms with Crippen LogP contribution in [0, 0.1) is 12.7 Å². The molecule has 1 N–H and O–H groups in total. The number of nitrogens with zero attached hydrogens (tertiary/aromatic N) is 4. The number of amides is 1. The first-order chi connectivity index (χ1) is 12.0. The number of aryl methyl sites for hydroxylation is 1. The van der Waals surface area contributed by atoms with E-state index in [2.05, 4.69) is 20.7 Å². The molecule has 2 aromatic heterocycles. The Morgan fingerprint density at radius 1 is 1.36 bits per heavy atom. The maximum Gasteiger partial charge on any atom is 0.226 e. The summed E-state index contributed by atoms with van der Waals surface area (Å²) in [4.78, 5) is 11.9. The summed E-state index contributed by atoms with van der Waals surface area (Å²) in [6.07, 6.45) is 0.276. The van der Waals surface area contributed by atoms with E-state index in [1.165, 1.54) is 17.8 Å². The van der Waals surface area contributed by atoms with E-state index in [1.54, 1.807) is 42.8 Å². The molecular weight excluding hydrogens is 345 g/mol. The molecule has 0 aliphatic rings. The summed E-state index contributed by atoms with van der Waals surface area (Å²) < 4.78 is 20.5. The molecule has 0 aliphatic carbocycles. The van der Waals surface area contributed by atoms with Gasteiger partial charge in [0.05, 0.1) is 5.56 Å². The lowest BCUT2D eigenvalue weighted by atomic mass is 10.2. The predicted octanol–water partition coefficient (Wildman–Crippen LogP) is 3.04. The summed E-state index contributed by atoms with van der Waals surface area (Å²) in [5.74, 6) is 1.46. The van der Waals surface area contributed by atoms with E-state index in [9.17, 15) is 9.18 Å². The zero-order valence-electron chi connectivity index (χ0n) is 13.7. The number of nitrogens with one attached hydrogen (secondary N) is 1. The minimum Gasteiger partial charge on any atom is -0.360 e. The molecule has 2 heterocycles. The molecule has 130 valence electrons. The van der Waals surface area contributed by atoms with Crippen molar-refractivity contribution in [2.24, 2.45) is 7.05 Å². The number of carbonyl (C=O) groups excluding carboxylic acids is 1. The van der Waals surface area contributed by atoms with E-state index in [1.807, 2.05) is 0 Å². The monoisotopic (exact) mass is 361 g/mol. The number of rotatable bonds is 6. The number of hydrogen-bond acceptors (Lipinski definition) is 6. The highest BCUT2D eigenvalue weighted by Crippen LogP contribution is 2.24. The second kappa shape index (κ2) is 7.47. The highest BCUT2D eigenvalue weighted by Gasteiger charge is 2.15. The highest BCUT2D eigenvalue weighted by atomic mass is 32.2. The summed E-state index contributed by atoms with van der Waals surface area (Å²) in [6, 6.07) is 8.05. The van der Waals surface area contributed by atoms with Gasteiger partial charge in [0.2, 0.25) is 5.91 Å². The van der Waals surface area contributed by atoms with Crippen LogP contribution in [0.2, 0.25) is 0 Å². The third-order valence-electron chi connectivity index (χ3n) is 3.41. The molecule has 0 bridgehead atoms. The summed E-state index contributed by atoms with van der Waals surface area (Å²) in [6.45, 7) is 1.75. The van der Waals surface area contributed by atoms with Crippen LogP contribution in [0.25, 0.3) is 11.4 Å². The van der Waals surface area contributed by atoms with Crippen molar-refractivity contribution >= 4 is 23.5 Å². The molecule has 9 heteroatoms. The lowest BCUT2D eigenvalue weighted by molar-refractivity contribution is -0.115. The Hall–Kier alpha value is -2.68. The van der Waals surface area contributed by atoms with Gasteiger partial charge in [0.15, 0.2) is 16.8 Å². The molecule has 0 spiro atoms. The van der Waals surface area contributed by atoms with E-state index >= 15 is 0 Å². The van der Waals surface area contributed by atoms with E-state index < -0.39 is 0 Å². The van der Waals surface area contributed by atoms with Crippen LogP contribution in [0.15, 0.2) is 40.0 Å². The smallest absolute Gasteiger partial charge is 0.226 e. The van der Waals surface area contributed by atoms with Crippen molar-refractivity contribution in [2.45, 2.75) is 18.5 Å². The number of halogens is 1. The number of aromatic nitrogens is 4. The first-order valence-electron chi connectivity index (χ1n) is 7.55. The number of carbonyl (C=O) groups is 1. The van der Waals surface area contributed by atoms with Gasteiger partial charge in [0, 0.05) is 25.3 Å². The first-order valence-corrected chi connectivity index (χ1v) is 8.53. The number of hydrogen-bond donors (Lipinski definition) is 1. The van der Waals surface area contributed by atoms with E-state index in [4.69, 9.17) is 4.52 Å². The Morgan fingerprint density at radius 2 is 2.16 bits per heavy atom. The van der Waals surface area contributed by atoms with Gasteiger partial charge in [-0.2, -0.15) is 0 Å². The predicted molar refractivity (Wildman–Crippen MR) is 91.6 cm³/mol. The maximum absolute atomic E-state index is 13.9. The van der Waals surface area contributed by atoms with Crippen molar-refractivity contribution in [1.29, 1.82) is 0 Å². The largest absolute Gasteiger partial charge is 0.360 e. The summed E-state index contributed by atoms with van der Waals surface area (Å²) in [5.41, 5.74) is 0.392. The van der Waals surface area contributed by atoms with Crippen LogP contribution < -0.4 is 5.32 Å². The van der Waals surface area contributed by atoms with Gasteiger partial charge in [0.1, 0.15) is 11.6 Å². The Balaban J connectivity index is 1.57.